The third-order valence-corrected chi connectivity index (χ3v) is 7.52. The maximum absolute atomic E-state index is 4.01. The Bertz CT molecular complexity index is 692. The monoisotopic (exact) mass is 396 g/mol. The molecule has 2 aromatic carbocycles. The van der Waals surface area contributed by atoms with Gasteiger partial charge in [0.2, 0.25) is 0 Å². The third-order valence-electron chi connectivity index (χ3n) is 7.52. The van der Waals surface area contributed by atoms with Gasteiger partial charge in [0.1, 0.15) is 0 Å². The number of hydrogen-bond donors (Lipinski definition) is 1. The molecule has 4 aliphatic rings. The highest BCUT2D eigenvalue weighted by Gasteiger charge is 2.51. The van der Waals surface area contributed by atoms with Gasteiger partial charge in [-0.2, -0.15) is 0 Å². The van der Waals surface area contributed by atoms with Crippen LogP contribution in [0.5, 0.6) is 0 Å². The molecule has 28 heavy (non-hydrogen) atoms. The number of piperidine rings is 1. The van der Waals surface area contributed by atoms with Crippen LogP contribution in [0.15, 0.2) is 60.7 Å². The van der Waals surface area contributed by atoms with Crippen molar-refractivity contribution in [3.8, 4) is 0 Å². The molecule has 3 heteroatoms. The summed E-state index contributed by atoms with van der Waals surface area (Å²) < 4.78 is 0. The van der Waals surface area contributed by atoms with Gasteiger partial charge in [-0.05, 0) is 62.9 Å². The quantitative estimate of drug-likeness (QED) is 0.751. The highest BCUT2D eigenvalue weighted by molar-refractivity contribution is 5.85. The van der Waals surface area contributed by atoms with Gasteiger partial charge < -0.3 is 5.32 Å². The summed E-state index contributed by atoms with van der Waals surface area (Å²) >= 11 is 0. The van der Waals surface area contributed by atoms with E-state index in [2.05, 4.69) is 70.9 Å². The molecule has 4 fully saturated rings. The van der Waals surface area contributed by atoms with Crippen LogP contribution in [-0.4, -0.2) is 36.1 Å². The van der Waals surface area contributed by atoms with Crippen LogP contribution in [0.1, 0.15) is 61.5 Å². The van der Waals surface area contributed by atoms with E-state index in [0.717, 1.165) is 6.54 Å². The van der Waals surface area contributed by atoms with E-state index in [1.165, 1.54) is 62.7 Å². The van der Waals surface area contributed by atoms with Crippen LogP contribution in [0.25, 0.3) is 0 Å². The molecule has 6 rings (SSSR count). The van der Waals surface area contributed by atoms with Crippen molar-refractivity contribution in [2.24, 2.45) is 0 Å². The molecule has 150 valence electrons. The van der Waals surface area contributed by atoms with Crippen molar-refractivity contribution in [2.75, 3.05) is 19.6 Å². The number of nitrogens with zero attached hydrogens (tertiary/aromatic N) is 1. The summed E-state index contributed by atoms with van der Waals surface area (Å²) in [6.07, 6.45) is 8.11. The van der Waals surface area contributed by atoms with Crippen LogP contribution in [-0.2, 0) is 0 Å². The summed E-state index contributed by atoms with van der Waals surface area (Å²) in [5, 5.41) is 4.01. The second kappa shape index (κ2) is 8.57. The molecular formula is C25H33ClN2. The van der Waals surface area contributed by atoms with Crippen molar-refractivity contribution in [3.05, 3.63) is 71.8 Å². The van der Waals surface area contributed by atoms with Crippen molar-refractivity contribution >= 4 is 12.4 Å². The van der Waals surface area contributed by atoms with E-state index in [-0.39, 0.29) is 12.4 Å². The predicted molar refractivity (Wildman–Crippen MR) is 119 cm³/mol. The molecule has 0 amide bonds. The van der Waals surface area contributed by atoms with Gasteiger partial charge in [-0.15, -0.1) is 12.4 Å². The SMILES string of the molecule is Cl.c1ccc(C2CC3(N4CCCCC4)CCNC2C(c2ccccc2)C3)cc1. The number of benzene rings is 2. The minimum absolute atomic E-state index is 0. The number of likely N-dealkylation sites (tertiary alicyclic amines) is 1. The van der Waals surface area contributed by atoms with Crippen molar-refractivity contribution < 1.29 is 0 Å². The second-order valence-electron chi connectivity index (χ2n) is 8.94. The molecule has 3 heterocycles. The predicted octanol–water partition coefficient (Wildman–Crippen LogP) is 5.36. The van der Waals surface area contributed by atoms with E-state index >= 15 is 0 Å². The molecule has 2 unspecified atom stereocenters. The lowest BCUT2D eigenvalue weighted by Crippen LogP contribution is -2.56. The van der Waals surface area contributed by atoms with E-state index in [1.807, 2.05) is 0 Å². The maximum atomic E-state index is 4.01. The fraction of sp³-hybridized carbons (Fsp3) is 0.520. The van der Waals surface area contributed by atoms with Crippen LogP contribution < -0.4 is 5.32 Å². The molecule has 3 saturated heterocycles. The first-order chi connectivity index (χ1) is 13.4. The second-order valence-corrected chi connectivity index (χ2v) is 8.94. The fourth-order valence-electron chi connectivity index (χ4n) is 6.23. The summed E-state index contributed by atoms with van der Waals surface area (Å²) in [6.45, 7) is 3.76. The molecule has 1 aliphatic carbocycles. The zero-order valence-electron chi connectivity index (χ0n) is 16.7. The van der Waals surface area contributed by atoms with E-state index < -0.39 is 0 Å². The van der Waals surface area contributed by atoms with Gasteiger partial charge in [-0.1, -0.05) is 67.1 Å². The number of halogens is 1. The summed E-state index contributed by atoms with van der Waals surface area (Å²) in [5.41, 5.74) is 3.42. The minimum atomic E-state index is 0. The standard InChI is InChI=1S/C25H32N2.ClH/c1-4-10-20(11-5-1)22-18-25(27-16-8-3-9-17-27)14-15-26-24(22)23(19-25)21-12-6-2-7-13-21;/h1-2,4-7,10-13,22-24,26H,3,8-9,14-19H2;1H. The Morgan fingerprint density at radius 3 is 1.82 bits per heavy atom. The van der Waals surface area contributed by atoms with Gasteiger partial charge in [0.15, 0.2) is 0 Å². The Hall–Kier alpha value is -1.35. The Labute approximate surface area is 176 Å². The van der Waals surface area contributed by atoms with Crippen molar-refractivity contribution in [1.82, 2.24) is 10.2 Å². The Balaban J connectivity index is 0.00000192. The molecule has 2 atom stereocenters. The van der Waals surface area contributed by atoms with E-state index in [4.69, 9.17) is 0 Å². The highest BCUT2D eigenvalue weighted by Crippen LogP contribution is 2.52. The van der Waals surface area contributed by atoms with Crippen LogP contribution >= 0.6 is 12.4 Å². The lowest BCUT2D eigenvalue weighted by Gasteiger charge is -2.53. The lowest BCUT2D eigenvalue weighted by molar-refractivity contribution is 0.0205. The average Bonchev–Trinajstić information content (AvgIpc) is 3.07. The largest absolute Gasteiger partial charge is 0.313 e. The Morgan fingerprint density at radius 1 is 0.750 bits per heavy atom. The smallest absolute Gasteiger partial charge is 0.0234 e. The third kappa shape index (κ3) is 3.63. The van der Waals surface area contributed by atoms with E-state index in [9.17, 15) is 0 Å². The maximum Gasteiger partial charge on any atom is 0.0234 e. The van der Waals surface area contributed by atoms with Crippen molar-refractivity contribution in [1.29, 1.82) is 0 Å². The lowest BCUT2D eigenvalue weighted by atomic mass is 9.63. The number of rotatable bonds is 3. The first-order valence-corrected chi connectivity index (χ1v) is 10.9. The molecular weight excluding hydrogens is 364 g/mol. The number of hydrogen-bond acceptors (Lipinski definition) is 2. The molecule has 0 aromatic heterocycles. The van der Waals surface area contributed by atoms with Gasteiger partial charge in [-0.3, -0.25) is 4.90 Å². The fourth-order valence-corrected chi connectivity index (χ4v) is 6.23. The first-order valence-electron chi connectivity index (χ1n) is 10.9. The highest BCUT2D eigenvalue weighted by atomic mass is 35.5. The van der Waals surface area contributed by atoms with Crippen LogP contribution in [0.3, 0.4) is 0 Å². The molecule has 0 radical (unpaired) electrons. The summed E-state index contributed by atoms with van der Waals surface area (Å²) in [4.78, 5) is 2.89. The molecule has 1 N–H and O–H groups in total. The van der Waals surface area contributed by atoms with E-state index in [1.54, 1.807) is 0 Å². The average molecular weight is 397 g/mol. The number of nitrogens with one attached hydrogen (secondary N) is 1. The minimum Gasteiger partial charge on any atom is -0.313 e. The van der Waals surface area contributed by atoms with Gasteiger partial charge in [0.05, 0.1) is 0 Å². The first kappa shape index (κ1) is 19.9. The summed E-state index contributed by atoms with van der Waals surface area (Å²) in [5.74, 6) is 1.21. The van der Waals surface area contributed by atoms with E-state index in [0.29, 0.717) is 23.4 Å². The van der Waals surface area contributed by atoms with Crippen LogP contribution in [0, 0.1) is 0 Å². The topological polar surface area (TPSA) is 15.3 Å². The molecule has 0 spiro atoms. The Morgan fingerprint density at radius 2 is 1.29 bits per heavy atom. The molecule has 3 aliphatic heterocycles. The normalized spacial score (nSPS) is 33.1. The zero-order chi connectivity index (χ0) is 18.1. The van der Waals surface area contributed by atoms with Crippen LogP contribution in [0.2, 0.25) is 0 Å². The van der Waals surface area contributed by atoms with Gasteiger partial charge in [0, 0.05) is 23.4 Å². The van der Waals surface area contributed by atoms with Crippen molar-refractivity contribution in [3.63, 3.8) is 0 Å². The van der Waals surface area contributed by atoms with Gasteiger partial charge in [0.25, 0.3) is 0 Å². The summed E-state index contributed by atoms with van der Waals surface area (Å²) in [7, 11) is 0. The molecule has 2 aromatic rings. The zero-order valence-corrected chi connectivity index (χ0v) is 17.5. The summed E-state index contributed by atoms with van der Waals surface area (Å²) in [6, 6.07) is 23.2. The van der Waals surface area contributed by atoms with Gasteiger partial charge >= 0.3 is 0 Å². The molecule has 2 nitrogen and oxygen atoms in total. The number of fused-ring (bicyclic) bond motifs is 4. The van der Waals surface area contributed by atoms with Gasteiger partial charge in [-0.25, -0.2) is 0 Å². The van der Waals surface area contributed by atoms with Crippen LogP contribution in [0.4, 0.5) is 0 Å². The molecule has 2 bridgehead atoms. The Kier molecular flexibility index (Phi) is 6.10. The van der Waals surface area contributed by atoms with Crippen molar-refractivity contribution in [2.45, 2.75) is 61.9 Å². The molecule has 1 saturated carbocycles.